The van der Waals surface area contributed by atoms with Crippen molar-refractivity contribution in [3.05, 3.63) is 36.2 Å². The first-order chi connectivity index (χ1) is 8.22. The largest absolute Gasteiger partial charge is 0.497 e. The van der Waals surface area contributed by atoms with Gasteiger partial charge in [0.15, 0.2) is 0 Å². The van der Waals surface area contributed by atoms with Gasteiger partial charge in [-0.2, -0.15) is 0 Å². The van der Waals surface area contributed by atoms with E-state index in [1.54, 1.807) is 7.11 Å². The van der Waals surface area contributed by atoms with Crippen molar-refractivity contribution in [1.29, 1.82) is 0 Å². The van der Waals surface area contributed by atoms with Crippen molar-refractivity contribution in [2.45, 2.75) is 6.92 Å². The van der Waals surface area contributed by atoms with Crippen molar-refractivity contribution >= 4 is 21.8 Å². The summed E-state index contributed by atoms with van der Waals surface area (Å²) in [5, 5.41) is 2.45. The molecule has 0 atom stereocenters. The molecule has 0 aliphatic carbocycles. The Morgan fingerprint density at radius 2 is 2.00 bits per heavy atom. The fraction of sp³-hybridized carbons (Fsp3) is 0.214. The quantitative estimate of drug-likeness (QED) is 0.637. The van der Waals surface area contributed by atoms with E-state index in [0.29, 0.717) is 0 Å². The zero-order valence-corrected chi connectivity index (χ0v) is 10.2. The van der Waals surface area contributed by atoms with Gasteiger partial charge in [-0.3, -0.25) is 4.98 Å². The maximum Gasteiger partial charge on any atom is 0.119 e. The highest BCUT2D eigenvalue weighted by molar-refractivity contribution is 6.09. The van der Waals surface area contributed by atoms with Gasteiger partial charge in [-0.1, -0.05) is 0 Å². The van der Waals surface area contributed by atoms with Crippen LogP contribution in [0.2, 0.25) is 0 Å². The van der Waals surface area contributed by atoms with Crippen LogP contribution in [0.3, 0.4) is 0 Å². The Morgan fingerprint density at radius 1 is 1.18 bits per heavy atom. The Balaban J connectivity index is 2.55. The third-order valence-corrected chi connectivity index (χ3v) is 3.30. The fourth-order valence-corrected chi connectivity index (χ4v) is 2.47. The molecule has 0 radical (unpaired) electrons. The van der Waals surface area contributed by atoms with Crippen molar-refractivity contribution in [3.8, 4) is 5.75 Å². The molecule has 0 saturated heterocycles. The van der Waals surface area contributed by atoms with E-state index in [4.69, 9.17) is 4.74 Å². The number of rotatable bonds is 1. The predicted octanol–water partition coefficient (Wildman–Crippen LogP) is 3.04. The monoisotopic (exact) mass is 226 g/mol. The predicted molar refractivity (Wildman–Crippen MR) is 69.5 cm³/mol. The maximum atomic E-state index is 5.29. The van der Waals surface area contributed by atoms with Gasteiger partial charge in [-0.05, 0) is 31.2 Å². The van der Waals surface area contributed by atoms with Crippen molar-refractivity contribution in [1.82, 2.24) is 9.55 Å². The molecule has 0 unspecified atom stereocenters. The van der Waals surface area contributed by atoms with Crippen LogP contribution in [0.15, 0.2) is 30.5 Å². The molecule has 0 aliphatic heterocycles. The summed E-state index contributed by atoms with van der Waals surface area (Å²) in [6.45, 7) is 2.04. The molecule has 3 nitrogen and oxygen atoms in total. The average Bonchev–Trinajstić information content (AvgIpc) is 2.64. The zero-order chi connectivity index (χ0) is 12.0. The minimum absolute atomic E-state index is 0.888. The normalized spacial score (nSPS) is 11.2. The van der Waals surface area contributed by atoms with Crippen molar-refractivity contribution in [2.75, 3.05) is 7.11 Å². The lowest BCUT2D eigenvalue weighted by molar-refractivity contribution is 0.415. The highest BCUT2D eigenvalue weighted by Gasteiger charge is 2.10. The van der Waals surface area contributed by atoms with E-state index in [0.717, 1.165) is 11.4 Å². The number of methoxy groups -OCH3 is 1. The van der Waals surface area contributed by atoms with E-state index in [-0.39, 0.29) is 0 Å². The molecule has 0 saturated carbocycles. The molecule has 3 aromatic rings. The number of benzene rings is 1. The third kappa shape index (κ3) is 1.32. The molecule has 17 heavy (non-hydrogen) atoms. The molecule has 2 heterocycles. The lowest BCUT2D eigenvalue weighted by Gasteiger charge is -2.00. The topological polar surface area (TPSA) is 27.1 Å². The second-order valence-corrected chi connectivity index (χ2v) is 4.23. The lowest BCUT2D eigenvalue weighted by atomic mass is 10.1. The van der Waals surface area contributed by atoms with Crippen LogP contribution in [0.1, 0.15) is 5.69 Å². The first kappa shape index (κ1) is 10.1. The zero-order valence-electron chi connectivity index (χ0n) is 10.2. The van der Waals surface area contributed by atoms with Crippen molar-refractivity contribution < 1.29 is 4.74 Å². The Bertz CT molecular complexity index is 713. The number of hydrogen-bond acceptors (Lipinski definition) is 2. The highest BCUT2D eigenvalue weighted by atomic mass is 16.5. The third-order valence-electron chi connectivity index (χ3n) is 3.30. The summed E-state index contributed by atoms with van der Waals surface area (Å²) in [5.41, 5.74) is 3.45. The van der Waals surface area contributed by atoms with Gasteiger partial charge in [-0.25, -0.2) is 0 Å². The molecule has 0 aliphatic rings. The van der Waals surface area contributed by atoms with Gasteiger partial charge in [-0.15, -0.1) is 0 Å². The minimum atomic E-state index is 0.888. The molecule has 0 spiro atoms. The highest BCUT2D eigenvalue weighted by Crippen LogP contribution is 2.31. The summed E-state index contributed by atoms with van der Waals surface area (Å²) in [4.78, 5) is 4.35. The van der Waals surface area contributed by atoms with Gasteiger partial charge >= 0.3 is 0 Å². The number of nitrogens with zero attached hydrogens (tertiary/aromatic N) is 2. The standard InChI is InChI=1S/C14H14N2O/c1-9-14-11(6-7-15-9)12-8-10(17-3)4-5-13(12)16(14)2/h4-8H,1-3H3. The number of hydrogen-bond donors (Lipinski definition) is 0. The second-order valence-electron chi connectivity index (χ2n) is 4.23. The number of aromatic nitrogens is 2. The van der Waals surface area contributed by atoms with Gasteiger partial charge in [0.1, 0.15) is 5.75 Å². The summed E-state index contributed by atoms with van der Waals surface area (Å²) in [7, 11) is 3.77. The van der Waals surface area contributed by atoms with Crippen LogP contribution in [0.5, 0.6) is 5.75 Å². The molecule has 1 aromatic carbocycles. The summed E-state index contributed by atoms with van der Waals surface area (Å²) >= 11 is 0. The Hall–Kier alpha value is -2.03. The lowest BCUT2D eigenvalue weighted by Crippen LogP contribution is -1.90. The Kier molecular flexibility index (Phi) is 2.08. The van der Waals surface area contributed by atoms with E-state index >= 15 is 0 Å². The van der Waals surface area contributed by atoms with Crippen LogP contribution in [-0.2, 0) is 7.05 Å². The van der Waals surface area contributed by atoms with E-state index in [1.807, 2.05) is 19.2 Å². The molecule has 0 bridgehead atoms. The van der Waals surface area contributed by atoms with Crippen LogP contribution in [-0.4, -0.2) is 16.7 Å². The summed E-state index contributed by atoms with van der Waals surface area (Å²) in [5.74, 6) is 0.888. The molecule has 0 fully saturated rings. The molecule has 86 valence electrons. The number of aryl methyl sites for hydroxylation is 2. The summed E-state index contributed by atoms with van der Waals surface area (Å²) < 4.78 is 7.47. The van der Waals surface area contributed by atoms with Crippen molar-refractivity contribution in [2.24, 2.45) is 7.05 Å². The Labute approximate surface area is 99.6 Å². The molecule has 0 N–H and O–H groups in total. The summed E-state index contributed by atoms with van der Waals surface area (Å²) in [6.07, 6.45) is 1.86. The summed E-state index contributed by atoms with van der Waals surface area (Å²) in [6, 6.07) is 8.22. The number of pyridine rings is 1. The molecule has 3 rings (SSSR count). The van der Waals surface area contributed by atoms with Crippen LogP contribution >= 0.6 is 0 Å². The second kappa shape index (κ2) is 3.48. The van der Waals surface area contributed by atoms with Crippen LogP contribution in [0, 0.1) is 6.92 Å². The van der Waals surface area contributed by atoms with Crippen molar-refractivity contribution in [3.63, 3.8) is 0 Å². The first-order valence-electron chi connectivity index (χ1n) is 5.60. The first-order valence-corrected chi connectivity index (χ1v) is 5.60. The van der Waals surface area contributed by atoms with Gasteiger partial charge in [0, 0.05) is 29.5 Å². The smallest absolute Gasteiger partial charge is 0.119 e. The van der Waals surface area contributed by atoms with Gasteiger partial charge in [0.2, 0.25) is 0 Å². The van der Waals surface area contributed by atoms with Crippen LogP contribution in [0.25, 0.3) is 21.8 Å². The number of fused-ring (bicyclic) bond motifs is 3. The molecular weight excluding hydrogens is 212 g/mol. The van der Waals surface area contributed by atoms with Crippen LogP contribution in [0.4, 0.5) is 0 Å². The molecule has 3 heteroatoms. The van der Waals surface area contributed by atoms with Crippen LogP contribution < -0.4 is 4.74 Å². The van der Waals surface area contributed by atoms with Gasteiger partial charge in [0.05, 0.1) is 18.3 Å². The minimum Gasteiger partial charge on any atom is -0.497 e. The number of ether oxygens (including phenoxy) is 1. The maximum absolute atomic E-state index is 5.29. The average molecular weight is 226 g/mol. The van der Waals surface area contributed by atoms with E-state index in [1.165, 1.54) is 21.8 Å². The van der Waals surface area contributed by atoms with E-state index in [9.17, 15) is 0 Å². The van der Waals surface area contributed by atoms with E-state index < -0.39 is 0 Å². The molecule has 2 aromatic heterocycles. The Morgan fingerprint density at radius 3 is 2.76 bits per heavy atom. The van der Waals surface area contributed by atoms with Gasteiger partial charge in [0.25, 0.3) is 0 Å². The fourth-order valence-electron chi connectivity index (χ4n) is 2.47. The van der Waals surface area contributed by atoms with Gasteiger partial charge < -0.3 is 9.30 Å². The SMILES string of the molecule is COc1ccc2c(c1)c1ccnc(C)c1n2C. The van der Waals surface area contributed by atoms with E-state index in [2.05, 4.69) is 34.8 Å². The molecular formula is C14H14N2O. The molecule has 0 amide bonds.